The van der Waals surface area contributed by atoms with Crippen molar-refractivity contribution in [2.45, 2.75) is 30.2 Å². The van der Waals surface area contributed by atoms with Crippen molar-refractivity contribution in [3.8, 4) is 0 Å². The lowest BCUT2D eigenvalue weighted by atomic mass is 10.4. The molecule has 0 bridgehead atoms. The molecule has 0 aromatic heterocycles. The molecule has 0 spiro atoms. The molecule has 0 amide bonds. The summed E-state index contributed by atoms with van der Waals surface area (Å²) in [6, 6.07) is 4.43. The zero-order chi connectivity index (χ0) is 14.9. The normalized spacial score (nSPS) is 15.6. The third-order valence-electron chi connectivity index (χ3n) is 2.98. The maximum Gasteiger partial charge on any atom is 0.304 e. The van der Waals surface area contributed by atoms with Crippen molar-refractivity contribution < 1.29 is 18.3 Å². The van der Waals surface area contributed by atoms with Gasteiger partial charge in [0.1, 0.15) is 4.90 Å². The van der Waals surface area contributed by atoms with Gasteiger partial charge in [0, 0.05) is 17.1 Å². The molecule has 110 valence electrons. The average molecular weight is 383 g/mol. The summed E-state index contributed by atoms with van der Waals surface area (Å²) in [4.78, 5) is 10.7. The second-order valence-corrected chi connectivity index (χ2v) is 7.75. The minimum Gasteiger partial charge on any atom is -0.481 e. The largest absolute Gasteiger partial charge is 0.481 e. The summed E-state index contributed by atoms with van der Waals surface area (Å²) in [7, 11) is -3.76. The summed E-state index contributed by atoms with van der Waals surface area (Å²) in [6.45, 7) is -0.0330. The van der Waals surface area contributed by atoms with Gasteiger partial charge in [0.05, 0.1) is 11.4 Å². The summed E-state index contributed by atoms with van der Waals surface area (Å²) in [5.74, 6) is -1.02. The molecule has 8 heteroatoms. The monoisotopic (exact) mass is 381 g/mol. The predicted octanol–water partition coefficient (Wildman–Crippen LogP) is 2.73. The zero-order valence-corrected chi connectivity index (χ0v) is 13.6. The van der Waals surface area contributed by atoms with Gasteiger partial charge in [0.15, 0.2) is 0 Å². The van der Waals surface area contributed by atoms with Crippen LogP contribution in [0, 0.1) is 0 Å². The zero-order valence-electron chi connectivity index (χ0n) is 10.4. The lowest BCUT2D eigenvalue weighted by molar-refractivity contribution is -0.137. The van der Waals surface area contributed by atoms with Gasteiger partial charge in [-0.1, -0.05) is 27.5 Å². The second kappa shape index (κ2) is 6.01. The quantitative estimate of drug-likeness (QED) is 0.821. The van der Waals surface area contributed by atoms with Crippen LogP contribution in [0.5, 0.6) is 0 Å². The molecule has 1 aliphatic carbocycles. The number of carboxylic acid groups (broad SMARTS) is 1. The van der Waals surface area contributed by atoms with Crippen LogP contribution in [0.15, 0.2) is 27.6 Å². The van der Waals surface area contributed by atoms with Crippen LogP contribution in [0.2, 0.25) is 5.02 Å². The SMILES string of the molecule is O=C(O)CCN(C1CC1)S(=O)(=O)c1ccc(Br)cc1Cl. The third-order valence-corrected chi connectivity index (χ3v) is 5.91. The summed E-state index contributed by atoms with van der Waals surface area (Å²) < 4.78 is 27.1. The highest BCUT2D eigenvalue weighted by atomic mass is 79.9. The topological polar surface area (TPSA) is 74.7 Å². The van der Waals surface area contributed by atoms with Gasteiger partial charge < -0.3 is 5.11 Å². The molecule has 1 aromatic carbocycles. The van der Waals surface area contributed by atoms with Crippen LogP contribution in [-0.4, -0.2) is 36.4 Å². The van der Waals surface area contributed by atoms with Crippen molar-refractivity contribution in [1.82, 2.24) is 4.31 Å². The van der Waals surface area contributed by atoms with Gasteiger partial charge in [0.25, 0.3) is 0 Å². The maximum absolute atomic E-state index is 12.6. The van der Waals surface area contributed by atoms with Crippen molar-refractivity contribution in [2.24, 2.45) is 0 Å². The number of carbonyl (C=O) groups is 1. The van der Waals surface area contributed by atoms with E-state index in [4.69, 9.17) is 16.7 Å². The molecule has 1 aliphatic rings. The van der Waals surface area contributed by atoms with Crippen LogP contribution in [0.25, 0.3) is 0 Å². The van der Waals surface area contributed by atoms with Crippen molar-refractivity contribution in [2.75, 3.05) is 6.54 Å². The van der Waals surface area contributed by atoms with E-state index in [1.54, 1.807) is 6.07 Å². The Bertz CT molecular complexity index is 630. The van der Waals surface area contributed by atoms with Crippen LogP contribution in [0.4, 0.5) is 0 Å². The van der Waals surface area contributed by atoms with E-state index in [1.807, 2.05) is 0 Å². The molecular formula is C12H13BrClNO4S. The number of benzene rings is 1. The molecule has 5 nitrogen and oxygen atoms in total. The fourth-order valence-corrected chi connectivity index (χ4v) is 4.58. The molecule has 0 saturated heterocycles. The van der Waals surface area contributed by atoms with Gasteiger partial charge >= 0.3 is 5.97 Å². The van der Waals surface area contributed by atoms with E-state index in [-0.39, 0.29) is 28.9 Å². The van der Waals surface area contributed by atoms with Crippen LogP contribution < -0.4 is 0 Å². The van der Waals surface area contributed by atoms with Crippen LogP contribution in [-0.2, 0) is 14.8 Å². The van der Waals surface area contributed by atoms with Gasteiger partial charge in [0.2, 0.25) is 10.0 Å². The molecule has 1 N–H and O–H groups in total. The highest BCUT2D eigenvalue weighted by Crippen LogP contribution is 2.35. The molecule has 20 heavy (non-hydrogen) atoms. The van der Waals surface area contributed by atoms with Crippen molar-refractivity contribution in [3.05, 3.63) is 27.7 Å². The molecule has 0 aliphatic heterocycles. The number of rotatable bonds is 6. The number of carboxylic acids is 1. The summed E-state index contributed by atoms with van der Waals surface area (Å²) in [6.07, 6.45) is 1.30. The number of aliphatic carboxylic acids is 1. The van der Waals surface area contributed by atoms with Crippen molar-refractivity contribution in [3.63, 3.8) is 0 Å². The Morgan fingerprint density at radius 2 is 2.10 bits per heavy atom. The Kier molecular flexibility index (Phi) is 4.73. The number of nitrogens with zero attached hydrogens (tertiary/aromatic N) is 1. The van der Waals surface area contributed by atoms with Crippen LogP contribution in [0.1, 0.15) is 19.3 Å². The van der Waals surface area contributed by atoms with Gasteiger partial charge in [-0.05, 0) is 31.0 Å². The minimum atomic E-state index is -3.76. The Hall–Kier alpha value is -0.630. The molecule has 0 unspecified atom stereocenters. The highest BCUT2D eigenvalue weighted by Gasteiger charge is 2.38. The number of halogens is 2. The molecule has 0 atom stereocenters. The van der Waals surface area contributed by atoms with Crippen molar-refractivity contribution >= 4 is 43.5 Å². The fourth-order valence-electron chi connectivity index (χ4n) is 1.88. The second-order valence-electron chi connectivity index (χ2n) is 4.57. The minimum absolute atomic E-state index is 0.0136. The number of sulfonamides is 1. The van der Waals surface area contributed by atoms with Gasteiger partial charge in [-0.3, -0.25) is 4.79 Å². The first kappa shape index (κ1) is 15.8. The molecule has 1 fully saturated rings. The summed E-state index contributed by atoms with van der Waals surface area (Å²) in [5, 5.41) is 8.86. The first-order chi connectivity index (χ1) is 9.32. The Morgan fingerprint density at radius 1 is 1.45 bits per heavy atom. The van der Waals surface area contributed by atoms with E-state index in [0.717, 1.165) is 12.8 Å². The van der Waals surface area contributed by atoms with E-state index < -0.39 is 16.0 Å². The lowest BCUT2D eigenvalue weighted by Gasteiger charge is -2.21. The highest BCUT2D eigenvalue weighted by molar-refractivity contribution is 9.10. The molecule has 1 saturated carbocycles. The summed E-state index contributed by atoms with van der Waals surface area (Å²) in [5.41, 5.74) is 0. The molecule has 0 radical (unpaired) electrons. The number of hydrogen-bond acceptors (Lipinski definition) is 3. The van der Waals surface area contributed by atoms with Gasteiger partial charge in [-0.15, -0.1) is 0 Å². The Balaban J connectivity index is 2.32. The van der Waals surface area contributed by atoms with Crippen LogP contribution >= 0.6 is 27.5 Å². The molecule has 1 aromatic rings. The summed E-state index contributed by atoms with van der Waals surface area (Å²) >= 11 is 9.21. The number of hydrogen-bond donors (Lipinski definition) is 1. The van der Waals surface area contributed by atoms with Gasteiger partial charge in [-0.2, -0.15) is 4.31 Å². The van der Waals surface area contributed by atoms with Crippen molar-refractivity contribution in [1.29, 1.82) is 0 Å². The van der Waals surface area contributed by atoms with E-state index >= 15 is 0 Å². The average Bonchev–Trinajstić information content (AvgIpc) is 3.12. The maximum atomic E-state index is 12.6. The first-order valence-corrected chi connectivity index (χ1v) is 8.62. The predicted molar refractivity (Wildman–Crippen MR) is 78.3 cm³/mol. The first-order valence-electron chi connectivity index (χ1n) is 6.01. The lowest BCUT2D eigenvalue weighted by Crippen LogP contribution is -2.35. The molecular weight excluding hydrogens is 370 g/mol. The van der Waals surface area contributed by atoms with Gasteiger partial charge in [-0.25, -0.2) is 8.42 Å². The van der Waals surface area contributed by atoms with E-state index in [0.29, 0.717) is 4.47 Å². The fraction of sp³-hybridized carbons (Fsp3) is 0.417. The Morgan fingerprint density at radius 3 is 2.60 bits per heavy atom. The standard InChI is InChI=1S/C12H13BrClNO4S/c13-8-1-4-11(10(14)7-8)20(18,19)15(9-2-3-9)6-5-12(16)17/h1,4,7,9H,2-3,5-6H2,(H,16,17). The van der Waals surface area contributed by atoms with Crippen LogP contribution in [0.3, 0.4) is 0 Å². The van der Waals surface area contributed by atoms with E-state index in [1.165, 1.54) is 16.4 Å². The Labute approximate surface area is 130 Å². The van der Waals surface area contributed by atoms with E-state index in [9.17, 15) is 13.2 Å². The molecule has 2 rings (SSSR count). The third kappa shape index (κ3) is 3.52. The molecule has 0 heterocycles. The smallest absolute Gasteiger partial charge is 0.304 e. The van der Waals surface area contributed by atoms with E-state index in [2.05, 4.69) is 15.9 Å².